The Labute approximate surface area is 134 Å². The molecule has 0 saturated heterocycles. The molecule has 0 bridgehead atoms. The highest BCUT2D eigenvalue weighted by Gasteiger charge is 2.28. The molecule has 2 N–H and O–H groups in total. The van der Waals surface area contributed by atoms with Crippen LogP contribution in [0.2, 0.25) is 4.34 Å². The maximum Gasteiger partial charge on any atom is 0.125 e. The Bertz CT molecular complexity index is 627. The minimum atomic E-state index is -0.211. The summed E-state index contributed by atoms with van der Waals surface area (Å²) in [6.45, 7) is 1.33. The second kappa shape index (κ2) is 5.64. The predicted octanol–water partition coefficient (Wildman–Crippen LogP) is 4.37. The maximum absolute atomic E-state index is 13.5. The summed E-state index contributed by atoms with van der Waals surface area (Å²) < 4.78 is 15.1. The normalized spacial score (nSPS) is 15.5. The third-order valence-corrected chi connectivity index (χ3v) is 6.15. The van der Waals surface area contributed by atoms with Crippen LogP contribution in [0.15, 0.2) is 28.7 Å². The van der Waals surface area contributed by atoms with Crippen molar-refractivity contribution in [3.05, 3.63) is 49.3 Å². The molecule has 0 amide bonds. The Morgan fingerprint density at radius 3 is 2.90 bits per heavy atom. The average Bonchev–Trinajstić information content (AvgIpc) is 2.96. The third-order valence-electron chi connectivity index (χ3n) is 3.57. The zero-order valence-electron chi connectivity index (χ0n) is 10.6. The van der Waals surface area contributed by atoms with Crippen LogP contribution in [0.3, 0.4) is 0 Å². The molecule has 1 aromatic heterocycles. The average molecular weight is 376 g/mol. The summed E-state index contributed by atoms with van der Waals surface area (Å²) in [5, 5.41) is 0. The van der Waals surface area contributed by atoms with Gasteiger partial charge in [-0.2, -0.15) is 0 Å². The lowest BCUT2D eigenvalue weighted by molar-refractivity contribution is 0.623. The van der Waals surface area contributed by atoms with Gasteiger partial charge in [0.25, 0.3) is 0 Å². The first-order valence-corrected chi connectivity index (χ1v) is 8.28. The number of thiophene rings is 1. The lowest BCUT2D eigenvalue weighted by Crippen LogP contribution is -2.31. The van der Waals surface area contributed by atoms with E-state index in [4.69, 9.17) is 17.3 Å². The number of nitrogens with two attached hydrogens (primary N) is 1. The van der Waals surface area contributed by atoms with Crippen LogP contribution in [-0.2, 0) is 6.42 Å². The van der Waals surface area contributed by atoms with Crippen LogP contribution in [0, 0.1) is 5.82 Å². The summed E-state index contributed by atoms with van der Waals surface area (Å²) >= 11 is 11.1. The van der Waals surface area contributed by atoms with E-state index >= 15 is 0 Å². The second-order valence-electron chi connectivity index (χ2n) is 4.74. The molecule has 1 aromatic carbocycles. The maximum atomic E-state index is 13.5. The van der Waals surface area contributed by atoms with E-state index in [1.54, 1.807) is 6.07 Å². The molecule has 1 atom stereocenters. The lowest BCUT2D eigenvalue weighted by atomic mass is 10.1. The molecular weight excluding hydrogens is 363 g/mol. The van der Waals surface area contributed by atoms with Crippen molar-refractivity contribution in [2.45, 2.75) is 12.5 Å². The Hall–Kier alpha value is -0.620. The summed E-state index contributed by atoms with van der Waals surface area (Å²) in [5.41, 5.74) is 8.07. The van der Waals surface area contributed by atoms with Gasteiger partial charge < -0.3 is 10.6 Å². The number of fused-ring (bicyclic) bond motifs is 1. The summed E-state index contributed by atoms with van der Waals surface area (Å²) in [6, 6.07) is 7.00. The fourth-order valence-electron chi connectivity index (χ4n) is 2.63. The number of anilines is 1. The Morgan fingerprint density at radius 2 is 2.25 bits per heavy atom. The molecule has 106 valence electrons. The topological polar surface area (TPSA) is 29.3 Å². The predicted molar refractivity (Wildman–Crippen MR) is 86.3 cm³/mol. The van der Waals surface area contributed by atoms with Gasteiger partial charge in [-0.3, -0.25) is 0 Å². The highest BCUT2D eigenvalue weighted by Crippen LogP contribution is 2.41. The largest absolute Gasteiger partial charge is 0.362 e. The molecular formula is C14H13BrClFN2S. The Balaban J connectivity index is 1.98. The van der Waals surface area contributed by atoms with Gasteiger partial charge in [0.15, 0.2) is 0 Å². The van der Waals surface area contributed by atoms with Gasteiger partial charge in [-0.1, -0.05) is 17.7 Å². The Morgan fingerprint density at radius 1 is 1.45 bits per heavy atom. The first-order chi connectivity index (χ1) is 9.60. The number of benzene rings is 1. The van der Waals surface area contributed by atoms with Crippen molar-refractivity contribution in [3.8, 4) is 0 Å². The molecule has 0 aliphatic carbocycles. The van der Waals surface area contributed by atoms with Gasteiger partial charge in [-0.25, -0.2) is 4.39 Å². The van der Waals surface area contributed by atoms with Crippen molar-refractivity contribution < 1.29 is 4.39 Å². The molecule has 2 aromatic rings. The van der Waals surface area contributed by atoms with Crippen molar-refractivity contribution >= 4 is 44.6 Å². The molecule has 1 aliphatic heterocycles. The fourth-order valence-corrected chi connectivity index (χ4v) is 4.49. The van der Waals surface area contributed by atoms with E-state index in [0.717, 1.165) is 32.3 Å². The number of hydrogen-bond donors (Lipinski definition) is 1. The summed E-state index contributed by atoms with van der Waals surface area (Å²) in [4.78, 5) is 3.27. The van der Waals surface area contributed by atoms with Gasteiger partial charge in [0.05, 0.1) is 6.04 Å². The van der Waals surface area contributed by atoms with Gasteiger partial charge in [-0.15, -0.1) is 11.3 Å². The zero-order valence-corrected chi connectivity index (χ0v) is 13.7. The molecule has 1 unspecified atom stereocenters. The molecule has 6 heteroatoms. The van der Waals surface area contributed by atoms with Gasteiger partial charge in [-0.05, 0) is 46.1 Å². The quantitative estimate of drug-likeness (QED) is 0.863. The summed E-state index contributed by atoms with van der Waals surface area (Å²) in [7, 11) is 0. The number of nitrogens with zero attached hydrogens (tertiary/aromatic N) is 1. The van der Waals surface area contributed by atoms with E-state index in [1.807, 2.05) is 12.1 Å². The first-order valence-electron chi connectivity index (χ1n) is 6.30. The molecule has 0 radical (unpaired) electrons. The number of hydrogen-bond acceptors (Lipinski definition) is 3. The van der Waals surface area contributed by atoms with E-state index < -0.39 is 0 Å². The van der Waals surface area contributed by atoms with Crippen LogP contribution in [0.1, 0.15) is 16.5 Å². The van der Waals surface area contributed by atoms with Crippen molar-refractivity contribution in [1.29, 1.82) is 0 Å². The fraction of sp³-hybridized carbons (Fsp3) is 0.286. The minimum Gasteiger partial charge on any atom is -0.362 e. The van der Waals surface area contributed by atoms with Gasteiger partial charge in [0.1, 0.15) is 10.2 Å². The Kier molecular flexibility index (Phi) is 4.04. The summed E-state index contributed by atoms with van der Waals surface area (Å²) in [6.07, 6.45) is 0.923. The molecule has 0 saturated carbocycles. The van der Waals surface area contributed by atoms with Gasteiger partial charge in [0, 0.05) is 28.1 Å². The monoisotopic (exact) mass is 374 g/mol. The van der Waals surface area contributed by atoms with Crippen molar-refractivity contribution in [2.24, 2.45) is 5.73 Å². The molecule has 2 heterocycles. The van der Waals surface area contributed by atoms with Crippen LogP contribution in [-0.4, -0.2) is 13.1 Å². The third kappa shape index (κ3) is 2.48. The lowest BCUT2D eigenvalue weighted by Gasteiger charge is -2.28. The van der Waals surface area contributed by atoms with Crippen LogP contribution < -0.4 is 10.6 Å². The van der Waals surface area contributed by atoms with Crippen molar-refractivity contribution in [1.82, 2.24) is 0 Å². The van der Waals surface area contributed by atoms with Crippen LogP contribution in [0.4, 0.5) is 10.1 Å². The zero-order chi connectivity index (χ0) is 14.3. The van der Waals surface area contributed by atoms with Crippen LogP contribution in [0.25, 0.3) is 0 Å². The van der Waals surface area contributed by atoms with Crippen molar-refractivity contribution in [3.63, 3.8) is 0 Å². The van der Waals surface area contributed by atoms with E-state index in [-0.39, 0.29) is 11.9 Å². The molecule has 3 rings (SSSR count). The standard InChI is InChI=1S/C14H13BrClFN2S/c15-10-6-13(20-14(10)16)12(7-18)19-4-3-8-1-2-9(17)5-11(8)19/h1-2,5-6,12H,3-4,7,18H2. The highest BCUT2D eigenvalue weighted by atomic mass is 79.9. The molecule has 1 aliphatic rings. The molecule has 2 nitrogen and oxygen atoms in total. The number of rotatable bonds is 3. The van der Waals surface area contributed by atoms with E-state index in [2.05, 4.69) is 20.8 Å². The van der Waals surface area contributed by atoms with Gasteiger partial charge >= 0.3 is 0 Å². The second-order valence-corrected chi connectivity index (χ2v) is 7.28. The van der Waals surface area contributed by atoms with E-state index in [1.165, 1.54) is 23.0 Å². The van der Waals surface area contributed by atoms with E-state index in [0.29, 0.717) is 6.54 Å². The molecule has 20 heavy (non-hydrogen) atoms. The minimum absolute atomic E-state index is 0.0341. The first kappa shape index (κ1) is 14.3. The number of halogens is 3. The van der Waals surface area contributed by atoms with Gasteiger partial charge in [0.2, 0.25) is 0 Å². The SMILES string of the molecule is NCC(c1cc(Br)c(Cl)s1)N1CCc2ccc(F)cc21. The van der Waals surface area contributed by atoms with E-state index in [9.17, 15) is 4.39 Å². The summed E-state index contributed by atoms with van der Waals surface area (Å²) in [5.74, 6) is -0.211. The molecule has 0 spiro atoms. The smallest absolute Gasteiger partial charge is 0.125 e. The van der Waals surface area contributed by atoms with Crippen LogP contribution >= 0.6 is 38.9 Å². The van der Waals surface area contributed by atoms with Crippen LogP contribution in [0.5, 0.6) is 0 Å². The highest BCUT2D eigenvalue weighted by molar-refractivity contribution is 9.10. The molecule has 0 fully saturated rings. The van der Waals surface area contributed by atoms with Crippen molar-refractivity contribution in [2.75, 3.05) is 18.0 Å².